The molecule has 0 aromatic carbocycles. The third-order valence-corrected chi connectivity index (χ3v) is 2.78. The van der Waals surface area contributed by atoms with Gasteiger partial charge < -0.3 is 19.7 Å². The summed E-state index contributed by atoms with van der Waals surface area (Å²) in [5, 5.41) is 16.5. The number of aliphatic hydroxyl groups is 2. The van der Waals surface area contributed by atoms with E-state index in [1.165, 1.54) is 19.3 Å². The first-order valence-corrected chi connectivity index (χ1v) is 8.33. The van der Waals surface area contributed by atoms with E-state index < -0.39 is 0 Å². The smallest absolute Gasteiger partial charge is 0.0462 e. The van der Waals surface area contributed by atoms with Gasteiger partial charge in [-0.25, -0.2) is 0 Å². The number of aliphatic hydroxyl groups excluding tert-OH is 2. The SMILES string of the molecule is C.CCCO.CCCOC.COCCCCC(C)CCCO. The number of unbranched alkanes of at least 4 members (excludes halogenated alkanes) is 1. The van der Waals surface area contributed by atoms with E-state index in [-0.39, 0.29) is 7.43 Å². The van der Waals surface area contributed by atoms with Crippen molar-refractivity contribution in [2.75, 3.05) is 40.6 Å². The van der Waals surface area contributed by atoms with Crippen molar-refractivity contribution in [3.05, 3.63) is 0 Å². The summed E-state index contributed by atoms with van der Waals surface area (Å²) >= 11 is 0. The first kappa shape index (κ1) is 29.8. The van der Waals surface area contributed by atoms with Crippen molar-refractivity contribution >= 4 is 0 Å². The van der Waals surface area contributed by atoms with E-state index in [0.717, 1.165) is 44.8 Å². The first-order chi connectivity index (χ1) is 10.1. The van der Waals surface area contributed by atoms with Gasteiger partial charge in [0.2, 0.25) is 0 Å². The summed E-state index contributed by atoms with van der Waals surface area (Å²) in [4.78, 5) is 0. The molecule has 0 aromatic rings. The van der Waals surface area contributed by atoms with E-state index in [4.69, 9.17) is 19.7 Å². The van der Waals surface area contributed by atoms with E-state index >= 15 is 0 Å². The van der Waals surface area contributed by atoms with Crippen molar-refractivity contribution < 1.29 is 19.7 Å². The molecule has 1 atom stereocenters. The zero-order chi connectivity index (χ0) is 16.8. The molecule has 4 heteroatoms. The molecule has 1 unspecified atom stereocenters. The fraction of sp³-hybridized carbons (Fsp3) is 1.00. The number of hydrogen-bond donors (Lipinski definition) is 2. The van der Waals surface area contributed by atoms with Crippen LogP contribution in [0, 0.1) is 5.92 Å². The maximum absolute atomic E-state index is 8.60. The van der Waals surface area contributed by atoms with Gasteiger partial charge in [-0.2, -0.15) is 0 Å². The van der Waals surface area contributed by atoms with Crippen molar-refractivity contribution in [2.24, 2.45) is 5.92 Å². The topological polar surface area (TPSA) is 58.9 Å². The van der Waals surface area contributed by atoms with Gasteiger partial charge in [-0.15, -0.1) is 0 Å². The molecule has 0 heterocycles. The van der Waals surface area contributed by atoms with E-state index in [0.29, 0.717) is 13.2 Å². The van der Waals surface area contributed by atoms with E-state index in [1.807, 2.05) is 6.92 Å². The lowest BCUT2D eigenvalue weighted by atomic mass is 9.99. The largest absolute Gasteiger partial charge is 0.396 e. The number of hydrogen-bond acceptors (Lipinski definition) is 4. The molecule has 0 saturated carbocycles. The number of rotatable bonds is 11. The molecule has 4 nitrogen and oxygen atoms in total. The Kier molecular flexibility index (Phi) is 44.3. The van der Waals surface area contributed by atoms with Crippen LogP contribution < -0.4 is 0 Å². The molecule has 0 radical (unpaired) electrons. The molecule has 0 saturated heterocycles. The average Bonchev–Trinajstić information content (AvgIpc) is 2.51. The Morgan fingerprint density at radius 1 is 0.773 bits per heavy atom. The molecule has 0 rings (SSSR count). The summed E-state index contributed by atoms with van der Waals surface area (Å²) in [6, 6.07) is 0. The molecule has 0 fully saturated rings. The van der Waals surface area contributed by atoms with Gasteiger partial charge in [0.05, 0.1) is 0 Å². The second-order valence-corrected chi connectivity index (χ2v) is 5.18. The summed E-state index contributed by atoms with van der Waals surface area (Å²) in [7, 11) is 3.46. The zero-order valence-corrected chi connectivity index (χ0v) is 15.1. The van der Waals surface area contributed by atoms with Crippen LogP contribution in [0.15, 0.2) is 0 Å². The van der Waals surface area contributed by atoms with Gasteiger partial charge >= 0.3 is 0 Å². The van der Waals surface area contributed by atoms with Crippen LogP contribution in [0.5, 0.6) is 0 Å². The van der Waals surface area contributed by atoms with Crippen molar-refractivity contribution in [1.29, 1.82) is 0 Å². The summed E-state index contributed by atoms with van der Waals surface area (Å²) in [6.45, 7) is 8.70. The third kappa shape index (κ3) is 42.7. The highest BCUT2D eigenvalue weighted by molar-refractivity contribution is 4.53. The Balaban J connectivity index is -0.000000135. The van der Waals surface area contributed by atoms with Crippen LogP contribution in [0.1, 0.15) is 73.1 Å². The van der Waals surface area contributed by atoms with Crippen LogP contribution in [0.3, 0.4) is 0 Å². The van der Waals surface area contributed by atoms with E-state index in [9.17, 15) is 0 Å². The van der Waals surface area contributed by atoms with Crippen LogP contribution in [0.4, 0.5) is 0 Å². The zero-order valence-electron chi connectivity index (χ0n) is 15.1. The van der Waals surface area contributed by atoms with Gasteiger partial charge in [0.15, 0.2) is 0 Å². The lowest BCUT2D eigenvalue weighted by Gasteiger charge is -2.09. The van der Waals surface area contributed by atoms with Gasteiger partial charge in [0.1, 0.15) is 0 Å². The Bertz CT molecular complexity index is 139. The van der Waals surface area contributed by atoms with Crippen molar-refractivity contribution in [1.82, 2.24) is 0 Å². The second-order valence-electron chi connectivity index (χ2n) is 5.18. The molecule has 0 aliphatic rings. The summed E-state index contributed by atoms with van der Waals surface area (Å²) in [5.41, 5.74) is 0. The molecule has 0 aliphatic carbocycles. The molecular weight excluding hydrogens is 280 g/mol. The summed E-state index contributed by atoms with van der Waals surface area (Å²) in [6.07, 6.45) is 7.79. The lowest BCUT2D eigenvalue weighted by Crippen LogP contribution is -1.98. The number of ether oxygens (including phenoxy) is 2. The van der Waals surface area contributed by atoms with Crippen molar-refractivity contribution in [2.45, 2.75) is 73.1 Å². The van der Waals surface area contributed by atoms with Gasteiger partial charge in [0.25, 0.3) is 0 Å². The standard InChI is InChI=1S/C10H22O2.C4H10O.C3H8O.CH4/c1-10(7-5-8-11)6-3-4-9-12-2;1-3-4-5-2;1-2-3-4;/h10-11H,3-9H2,1-2H3;3-4H2,1-2H3;4H,2-3H2,1H3;1H4. The Hall–Kier alpha value is -0.160. The van der Waals surface area contributed by atoms with E-state index in [1.54, 1.807) is 14.2 Å². The third-order valence-electron chi connectivity index (χ3n) is 2.78. The maximum Gasteiger partial charge on any atom is 0.0462 e. The molecular formula is C18H44O4. The molecule has 0 aromatic heterocycles. The predicted molar refractivity (Wildman–Crippen MR) is 97.5 cm³/mol. The fourth-order valence-electron chi connectivity index (χ4n) is 1.53. The molecule has 0 aliphatic heterocycles. The van der Waals surface area contributed by atoms with Crippen LogP contribution >= 0.6 is 0 Å². The lowest BCUT2D eigenvalue weighted by molar-refractivity contribution is 0.189. The molecule has 0 amide bonds. The maximum atomic E-state index is 8.60. The summed E-state index contributed by atoms with van der Waals surface area (Å²) < 4.78 is 9.66. The van der Waals surface area contributed by atoms with Crippen LogP contribution in [0.2, 0.25) is 0 Å². The Morgan fingerprint density at radius 2 is 1.27 bits per heavy atom. The normalized spacial score (nSPS) is 10.5. The van der Waals surface area contributed by atoms with Gasteiger partial charge in [-0.3, -0.25) is 0 Å². The molecule has 0 spiro atoms. The van der Waals surface area contributed by atoms with Gasteiger partial charge in [-0.05, 0) is 38.0 Å². The quantitative estimate of drug-likeness (QED) is 0.557. The minimum absolute atomic E-state index is 0. The van der Waals surface area contributed by atoms with Crippen LogP contribution in [-0.4, -0.2) is 50.9 Å². The highest BCUT2D eigenvalue weighted by atomic mass is 16.5. The molecule has 140 valence electrons. The van der Waals surface area contributed by atoms with Crippen molar-refractivity contribution in [3.63, 3.8) is 0 Å². The molecule has 2 N–H and O–H groups in total. The number of methoxy groups -OCH3 is 2. The van der Waals surface area contributed by atoms with Crippen LogP contribution in [0.25, 0.3) is 0 Å². The minimum Gasteiger partial charge on any atom is -0.396 e. The minimum atomic E-state index is 0. The monoisotopic (exact) mass is 324 g/mol. The first-order valence-electron chi connectivity index (χ1n) is 8.33. The predicted octanol–water partition coefficient (Wildman–Crippen LogP) is 4.28. The second kappa shape index (κ2) is 32.7. The highest BCUT2D eigenvalue weighted by Crippen LogP contribution is 2.13. The van der Waals surface area contributed by atoms with Gasteiger partial charge in [-0.1, -0.05) is 41.0 Å². The highest BCUT2D eigenvalue weighted by Gasteiger charge is 2.00. The molecule has 0 bridgehead atoms. The molecule has 22 heavy (non-hydrogen) atoms. The van der Waals surface area contributed by atoms with E-state index in [2.05, 4.69) is 13.8 Å². The fourth-order valence-corrected chi connectivity index (χ4v) is 1.53. The van der Waals surface area contributed by atoms with Crippen molar-refractivity contribution in [3.8, 4) is 0 Å². The van der Waals surface area contributed by atoms with Crippen LogP contribution in [-0.2, 0) is 9.47 Å². The Labute approximate surface area is 140 Å². The average molecular weight is 325 g/mol. The van der Waals surface area contributed by atoms with Gasteiger partial charge in [0, 0.05) is 40.6 Å². The Morgan fingerprint density at radius 3 is 1.59 bits per heavy atom. The summed E-state index contributed by atoms with van der Waals surface area (Å²) in [5.74, 6) is 0.758.